The molecule has 0 fully saturated rings. The van der Waals surface area contributed by atoms with Gasteiger partial charge in [0.05, 0.1) is 6.61 Å². The van der Waals surface area contributed by atoms with Crippen molar-refractivity contribution >= 4 is 5.97 Å². The molecule has 0 bridgehead atoms. The molecule has 0 amide bonds. The van der Waals surface area contributed by atoms with Gasteiger partial charge in [-0.2, -0.15) is 0 Å². The van der Waals surface area contributed by atoms with E-state index in [0.717, 1.165) is 24.8 Å². The van der Waals surface area contributed by atoms with Gasteiger partial charge >= 0.3 is 5.97 Å². The zero-order valence-electron chi connectivity index (χ0n) is 13.1. The zero-order chi connectivity index (χ0) is 15.6. The summed E-state index contributed by atoms with van der Waals surface area (Å²) in [6.45, 7) is 5.42. The van der Waals surface area contributed by atoms with Gasteiger partial charge in [-0.25, -0.2) is 4.79 Å². The minimum atomic E-state index is -1.14. The van der Waals surface area contributed by atoms with E-state index in [2.05, 4.69) is 6.92 Å². The first kappa shape index (κ1) is 17.7. The van der Waals surface area contributed by atoms with Crippen LogP contribution in [0.4, 0.5) is 0 Å². The van der Waals surface area contributed by atoms with E-state index < -0.39 is 11.5 Å². The normalized spacial score (nSPS) is 13.7. The zero-order valence-corrected chi connectivity index (χ0v) is 13.1. The second-order valence-corrected chi connectivity index (χ2v) is 5.13. The van der Waals surface area contributed by atoms with Gasteiger partial charge in [0.2, 0.25) is 0 Å². The number of ether oxygens (including phenoxy) is 2. The molecule has 4 heteroatoms. The lowest BCUT2D eigenvalue weighted by Gasteiger charge is -2.27. The number of hydrogen-bond donors (Lipinski definition) is 1. The first-order valence-corrected chi connectivity index (χ1v) is 7.74. The van der Waals surface area contributed by atoms with Crippen LogP contribution in [0.15, 0.2) is 30.3 Å². The molecule has 0 aliphatic carbocycles. The maximum absolute atomic E-state index is 12.2. The van der Waals surface area contributed by atoms with Crippen molar-refractivity contribution in [1.29, 1.82) is 0 Å². The standard InChI is InChI=1S/C17H27NO3/c1-3-5-9-13-20-14-12-17(18,16(19)21-4-2)15-10-7-6-8-11-15/h6-8,10-11H,3-5,9,12-14,18H2,1-2H3. The summed E-state index contributed by atoms with van der Waals surface area (Å²) in [6, 6.07) is 9.36. The topological polar surface area (TPSA) is 61.5 Å². The molecule has 0 aliphatic rings. The molecule has 21 heavy (non-hydrogen) atoms. The van der Waals surface area contributed by atoms with Crippen LogP contribution in [0.25, 0.3) is 0 Å². The summed E-state index contributed by atoms with van der Waals surface area (Å²) in [4.78, 5) is 12.2. The predicted octanol–water partition coefficient (Wildman–Crippen LogP) is 3.00. The van der Waals surface area contributed by atoms with Gasteiger partial charge in [-0.05, 0) is 18.9 Å². The van der Waals surface area contributed by atoms with Crippen LogP contribution in [0.5, 0.6) is 0 Å². The van der Waals surface area contributed by atoms with Crippen LogP contribution in [0.3, 0.4) is 0 Å². The van der Waals surface area contributed by atoms with Gasteiger partial charge in [-0.1, -0.05) is 50.1 Å². The van der Waals surface area contributed by atoms with Crippen LogP contribution in [-0.2, 0) is 19.8 Å². The summed E-state index contributed by atoms with van der Waals surface area (Å²) in [6.07, 6.45) is 3.78. The quantitative estimate of drug-likeness (QED) is 0.532. The number of carbonyl (C=O) groups excluding carboxylic acids is 1. The van der Waals surface area contributed by atoms with E-state index in [9.17, 15) is 4.79 Å². The molecule has 0 saturated heterocycles. The summed E-state index contributed by atoms with van der Waals surface area (Å²) in [5.74, 6) is -0.395. The van der Waals surface area contributed by atoms with E-state index >= 15 is 0 Å². The Morgan fingerprint density at radius 3 is 2.48 bits per heavy atom. The smallest absolute Gasteiger partial charge is 0.330 e. The summed E-state index contributed by atoms with van der Waals surface area (Å²) in [7, 11) is 0. The number of rotatable bonds is 10. The molecular formula is C17H27NO3. The van der Waals surface area contributed by atoms with E-state index in [1.54, 1.807) is 6.92 Å². The van der Waals surface area contributed by atoms with Gasteiger partial charge in [0, 0.05) is 19.6 Å². The van der Waals surface area contributed by atoms with Gasteiger partial charge in [-0.3, -0.25) is 0 Å². The van der Waals surface area contributed by atoms with E-state index in [1.807, 2.05) is 30.3 Å². The second-order valence-electron chi connectivity index (χ2n) is 5.13. The van der Waals surface area contributed by atoms with E-state index in [-0.39, 0.29) is 0 Å². The van der Waals surface area contributed by atoms with Crippen molar-refractivity contribution in [3.8, 4) is 0 Å². The van der Waals surface area contributed by atoms with E-state index in [4.69, 9.17) is 15.2 Å². The molecule has 0 aliphatic heterocycles. The Hall–Kier alpha value is -1.39. The fourth-order valence-corrected chi connectivity index (χ4v) is 2.15. The molecule has 1 aromatic rings. The van der Waals surface area contributed by atoms with Gasteiger partial charge in [0.15, 0.2) is 0 Å². The van der Waals surface area contributed by atoms with Crippen molar-refractivity contribution < 1.29 is 14.3 Å². The Kier molecular flexibility index (Phi) is 8.01. The number of esters is 1. The molecule has 1 aromatic carbocycles. The first-order chi connectivity index (χ1) is 10.1. The number of carbonyl (C=O) groups is 1. The minimum Gasteiger partial charge on any atom is -0.464 e. The molecule has 118 valence electrons. The van der Waals surface area contributed by atoms with Crippen molar-refractivity contribution in [3.05, 3.63) is 35.9 Å². The Labute approximate surface area is 127 Å². The fraction of sp³-hybridized carbons (Fsp3) is 0.588. The molecule has 1 rings (SSSR count). The fourth-order valence-electron chi connectivity index (χ4n) is 2.15. The molecule has 1 unspecified atom stereocenters. The maximum Gasteiger partial charge on any atom is 0.330 e. The van der Waals surface area contributed by atoms with E-state index in [1.165, 1.54) is 0 Å². The lowest BCUT2D eigenvalue weighted by Crippen LogP contribution is -2.47. The average molecular weight is 293 g/mol. The third-order valence-electron chi connectivity index (χ3n) is 3.46. The largest absolute Gasteiger partial charge is 0.464 e. The average Bonchev–Trinajstić information content (AvgIpc) is 2.51. The van der Waals surface area contributed by atoms with Crippen LogP contribution in [-0.4, -0.2) is 25.8 Å². The second kappa shape index (κ2) is 9.53. The highest BCUT2D eigenvalue weighted by Crippen LogP contribution is 2.24. The van der Waals surface area contributed by atoms with Crippen molar-refractivity contribution in [2.24, 2.45) is 5.73 Å². The van der Waals surface area contributed by atoms with Crippen LogP contribution >= 0.6 is 0 Å². The number of hydrogen-bond acceptors (Lipinski definition) is 4. The van der Waals surface area contributed by atoms with Crippen molar-refractivity contribution in [1.82, 2.24) is 0 Å². The van der Waals surface area contributed by atoms with E-state index in [0.29, 0.717) is 26.2 Å². The molecule has 0 radical (unpaired) electrons. The molecule has 1 atom stereocenters. The van der Waals surface area contributed by atoms with Crippen LogP contribution in [0.2, 0.25) is 0 Å². The molecular weight excluding hydrogens is 266 g/mol. The number of unbranched alkanes of at least 4 members (excludes halogenated alkanes) is 2. The van der Waals surface area contributed by atoms with Gasteiger partial charge < -0.3 is 15.2 Å². The molecule has 4 nitrogen and oxygen atoms in total. The van der Waals surface area contributed by atoms with Gasteiger partial charge in [-0.15, -0.1) is 0 Å². The summed E-state index contributed by atoms with van der Waals surface area (Å²) in [5, 5.41) is 0. The summed E-state index contributed by atoms with van der Waals surface area (Å²) < 4.78 is 10.7. The van der Waals surface area contributed by atoms with Crippen molar-refractivity contribution in [2.45, 2.75) is 45.1 Å². The third-order valence-corrected chi connectivity index (χ3v) is 3.46. The number of nitrogens with two attached hydrogens (primary N) is 1. The lowest BCUT2D eigenvalue weighted by atomic mass is 9.88. The third kappa shape index (κ3) is 5.48. The van der Waals surface area contributed by atoms with Gasteiger partial charge in [0.25, 0.3) is 0 Å². The molecule has 2 N–H and O–H groups in total. The minimum absolute atomic E-state index is 0.321. The Morgan fingerprint density at radius 2 is 1.86 bits per heavy atom. The van der Waals surface area contributed by atoms with Crippen LogP contribution in [0, 0.1) is 0 Å². The Balaban J connectivity index is 2.63. The molecule has 0 spiro atoms. The molecule has 0 heterocycles. The van der Waals surface area contributed by atoms with Crippen molar-refractivity contribution in [2.75, 3.05) is 19.8 Å². The highest BCUT2D eigenvalue weighted by atomic mass is 16.5. The first-order valence-electron chi connectivity index (χ1n) is 7.74. The molecule has 0 aromatic heterocycles. The Bertz CT molecular complexity index is 408. The van der Waals surface area contributed by atoms with Gasteiger partial charge in [0.1, 0.15) is 5.54 Å². The Morgan fingerprint density at radius 1 is 1.14 bits per heavy atom. The summed E-state index contributed by atoms with van der Waals surface area (Å²) >= 11 is 0. The highest BCUT2D eigenvalue weighted by molar-refractivity contribution is 5.82. The van der Waals surface area contributed by atoms with Crippen molar-refractivity contribution in [3.63, 3.8) is 0 Å². The monoisotopic (exact) mass is 293 g/mol. The van der Waals surface area contributed by atoms with Crippen LogP contribution < -0.4 is 5.73 Å². The summed E-state index contributed by atoms with van der Waals surface area (Å²) in [5.41, 5.74) is 5.96. The molecule has 0 saturated carbocycles. The number of benzene rings is 1. The lowest BCUT2D eigenvalue weighted by molar-refractivity contribution is -0.151. The SMILES string of the molecule is CCCCCOCCC(N)(C(=O)OCC)c1ccccc1. The maximum atomic E-state index is 12.2. The highest BCUT2D eigenvalue weighted by Gasteiger charge is 2.37. The van der Waals surface area contributed by atoms with Crippen LogP contribution in [0.1, 0.15) is 45.1 Å². The predicted molar refractivity (Wildman–Crippen MR) is 83.9 cm³/mol.